The molecule has 1 aromatic heterocycles. The van der Waals surface area contributed by atoms with E-state index in [1.807, 2.05) is 0 Å². The first kappa shape index (κ1) is 14.2. The maximum absolute atomic E-state index is 12.0. The van der Waals surface area contributed by atoms with Gasteiger partial charge in [0, 0.05) is 18.4 Å². The maximum Gasteiger partial charge on any atom is 0.343 e. The number of nitrogens with zero attached hydrogens (tertiary/aromatic N) is 2. The zero-order valence-electron chi connectivity index (χ0n) is 11.1. The van der Waals surface area contributed by atoms with E-state index in [4.69, 9.17) is 5.73 Å². The lowest BCUT2D eigenvalue weighted by atomic mass is 10.3. The van der Waals surface area contributed by atoms with E-state index in [0.717, 1.165) is 0 Å². The van der Waals surface area contributed by atoms with E-state index in [0.29, 0.717) is 16.5 Å². The van der Waals surface area contributed by atoms with Gasteiger partial charge in [0.25, 0.3) is 0 Å². The van der Waals surface area contributed by atoms with Crippen LogP contribution in [0.4, 0.5) is 11.4 Å². The molecule has 0 saturated carbocycles. The lowest BCUT2D eigenvalue weighted by Gasteiger charge is -2.11. The minimum absolute atomic E-state index is 0.184. The Balaban J connectivity index is 2.02. The summed E-state index contributed by atoms with van der Waals surface area (Å²) >= 11 is 1.20. The predicted molar refractivity (Wildman–Crippen MR) is 78.6 cm³/mol. The molecule has 106 valence electrons. The highest BCUT2D eigenvalue weighted by atomic mass is 32.2. The van der Waals surface area contributed by atoms with Crippen LogP contribution in [0.15, 0.2) is 34.2 Å². The fourth-order valence-electron chi connectivity index (χ4n) is 1.51. The second-order valence-electron chi connectivity index (χ2n) is 4.25. The lowest BCUT2D eigenvalue weighted by Crippen LogP contribution is -2.23. The highest BCUT2D eigenvalue weighted by molar-refractivity contribution is 8.00. The molecule has 0 fully saturated rings. The van der Waals surface area contributed by atoms with Crippen LogP contribution < -0.4 is 16.7 Å². The van der Waals surface area contributed by atoms with Gasteiger partial charge in [-0.05, 0) is 25.1 Å². The Morgan fingerprint density at radius 3 is 2.90 bits per heavy atom. The van der Waals surface area contributed by atoms with Crippen LogP contribution in [-0.4, -0.2) is 25.9 Å². The Hall–Kier alpha value is -2.22. The van der Waals surface area contributed by atoms with Crippen LogP contribution in [0.25, 0.3) is 0 Å². The number of benzene rings is 1. The standard InChI is InChI=1S/C12H15N5O2S/c1-7(20-12-16-15-11(19)17(12)2)10(18)14-9-5-3-4-8(13)6-9/h3-7H,13H2,1-2H3,(H,14,18)(H,15,19). The van der Waals surface area contributed by atoms with Crippen molar-refractivity contribution >= 4 is 29.0 Å². The number of rotatable bonds is 4. The van der Waals surface area contributed by atoms with Crippen molar-refractivity contribution in [2.75, 3.05) is 11.1 Å². The minimum atomic E-state index is -0.398. The number of hydrogen-bond donors (Lipinski definition) is 3. The summed E-state index contributed by atoms with van der Waals surface area (Å²) < 4.78 is 1.36. The van der Waals surface area contributed by atoms with Crippen molar-refractivity contribution in [3.8, 4) is 0 Å². The molecule has 7 nitrogen and oxygen atoms in total. The van der Waals surface area contributed by atoms with Crippen molar-refractivity contribution in [2.24, 2.45) is 7.05 Å². The van der Waals surface area contributed by atoms with Gasteiger partial charge in [-0.25, -0.2) is 9.89 Å². The second-order valence-corrected chi connectivity index (χ2v) is 5.55. The fourth-order valence-corrected chi connectivity index (χ4v) is 2.33. The molecule has 0 bridgehead atoms. The summed E-state index contributed by atoms with van der Waals surface area (Å²) in [5.41, 5.74) is 6.56. The number of thioether (sulfide) groups is 1. The number of nitrogens with two attached hydrogens (primary N) is 1. The van der Waals surface area contributed by atoms with Crippen LogP contribution in [0.1, 0.15) is 6.92 Å². The molecule has 20 heavy (non-hydrogen) atoms. The molecule has 1 atom stereocenters. The molecule has 0 saturated heterocycles. The van der Waals surface area contributed by atoms with Crippen molar-refractivity contribution in [2.45, 2.75) is 17.3 Å². The van der Waals surface area contributed by atoms with Gasteiger partial charge in [-0.2, -0.15) is 0 Å². The van der Waals surface area contributed by atoms with Gasteiger partial charge in [0.15, 0.2) is 5.16 Å². The molecular weight excluding hydrogens is 278 g/mol. The van der Waals surface area contributed by atoms with Crippen molar-refractivity contribution in [1.82, 2.24) is 14.8 Å². The Morgan fingerprint density at radius 2 is 2.30 bits per heavy atom. The smallest absolute Gasteiger partial charge is 0.343 e. The minimum Gasteiger partial charge on any atom is -0.399 e. The van der Waals surface area contributed by atoms with Crippen LogP contribution in [0.5, 0.6) is 0 Å². The molecule has 0 aliphatic heterocycles. The molecule has 1 amide bonds. The molecule has 0 aliphatic rings. The van der Waals surface area contributed by atoms with Crippen molar-refractivity contribution in [3.05, 3.63) is 34.7 Å². The third-order valence-electron chi connectivity index (χ3n) is 2.64. The largest absolute Gasteiger partial charge is 0.399 e. The van der Waals surface area contributed by atoms with Crippen LogP contribution in [0.3, 0.4) is 0 Å². The second kappa shape index (κ2) is 5.83. The lowest BCUT2D eigenvalue weighted by molar-refractivity contribution is -0.115. The monoisotopic (exact) mass is 293 g/mol. The normalized spacial score (nSPS) is 12.1. The Bertz CT molecular complexity index is 678. The van der Waals surface area contributed by atoms with Gasteiger partial charge >= 0.3 is 5.69 Å². The summed E-state index contributed by atoms with van der Waals surface area (Å²) in [6, 6.07) is 6.95. The molecule has 1 heterocycles. The maximum atomic E-state index is 12.0. The van der Waals surface area contributed by atoms with E-state index in [9.17, 15) is 9.59 Å². The number of carbonyl (C=O) groups excluding carboxylic acids is 1. The number of nitrogens with one attached hydrogen (secondary N) is 2. The van der Waals surface area contributed by atoms with Gasteiger partial charge in [-0.15, -0.1) is 5.10 Å². The quantitative estimate of drug-likeness (QED) is 0.571. The zero-order chi connectivity index (χ0) is 14.7. The summed E-state index contributed by atoms with van der Waals surface area (Å²) in [6.07, 6.45) is 0. The molecule has 2 rings (SSSR count). The molecule has 0 aliphatic carbocycles. The third kappa shape index (κ3) is 3.21. The number of hydrogen-bond acceptors (Lipinski definition) is 5. The van der Waals surface area contributed by atoms with Crippen LogP contribution >= 0.6 is 11.8 Å². The van der Waals surface area contributed by atoms with Crippen LogP contribution in [-0.2, 0) is 11.8 Å². The highest BCUT2D eigenvalue weighted by Gasteiger charge is 2.18. The number of amides is 1. The average Bonchev–Trinajstić information content (AvgIpc) is 2.70. The molecule has 2 aromatic rings. The number of anilines is 2. The van der Waals surface area contributed by atoms with Crippen molar-refractivity contribution in [1.29, 1.82) is 0 Å². The molecule has 0 spiro atoms. The predicted octanol–water partition coefficient (Wildman–Crippen LogP) is 0.810. The molecule has 1 aromatic carbocycles. The summed E-state index contributed by atoms with van der Waals surface area (Å²) in [6.45, 7) is 1.74. The molecule has 1 unspecified atom stereocenters. The number of H-pyrrole nitrogens is 1. The van der Waals surface area contributed by atoms with Gasteiger partial charge < -0.3 is 11.1 Å². The Kier molecular flexibility index (Phi) is 4.14. The zero-order valence-corrected chi connectivity index (χ0v) is 11.9. The van der Waals surface area contributed by atoms with E-state index in [2.05, 4.69) is 15.5 Å². The van der Waals surface area contributed by atoms with Crippen LogP contribution in [0, 0.1) is 0 Å². The average molecular weight is 293 g/mol. The first-order chi connectivity index (χ1) is 9.47. The van der Waals surface area contributed by atoms with E-state index in [1.54, 1.807) is 38.2 Å². The molecule has 4 N–H and O–H groups in total. The molecule has 8 heteroatoms. The first-order valence-corrected chi connectivity index (χ1v) is 6.80. The highest BCUT2D eigenvalue weighted by Crippen LogP contribution is 2.21. The van der Waals surface area contributed by atoms with Gasteiger partial charge in [-0.1, -0.05) is 17.8 Å². The van der Waals surface area contributed by atoms with Crippen molar-refractivity contribution < 1.29 is 4.79 Å². The summed E-state index contributed by atoms with van der Waals surface area (Å²) in [5.74, 6) is -0.184. The van der Waals surface area contributed by atoms with Gasteiger partial charge in [0.1, 0.15) is 0 Å². The SMILES string of the molecule is CC(Sc1n[nH]c(=O)n1C)C(=O)Nc1cccc(N)c1. The van der Waals surface area contributed by atoms with Crippen LogP contribution in [0.2, 0.25) is 0 Å². The molecular formula is C12H15N5O2S. The number of aromatic amines is 1. The van der Waals surface area contributed by atoms with E-state index in [1.165, 1.54) is 16.3 Å². The van der Waals surface area contributed by atoms with Gasteiger partial charge in [-0.3, -0.25) is 9.36 Å². The van der Waals surface area contributed by atoms with Crippen molar-refractivity contribution in [3.63, 3.8) is 0 Å². The van der Waals surface area contributed by atoms with E-state index in [-0.39, 0.29) is 11.6 Å². The number of aromatic nitrogens is 3. The summed E-state index contributed by atoms with van der Waals surface area (Å²) in [5, 5.41) is 9.00. The fraction of sp³-hybridized carbons (Fsp3) is 0.250. The van der Waals surface area contributed by atoms with Gasteiger partial charge in [0.2, 0.25) is 5.91 Å². The Labute approximate surface area is 119 Å². The number of nitrogen functional groups attached to an aromatic ring is 1. The summed E-state index contributed by atoms with van der Waals surface area (Å²) in [4.78, 5) is 23.3. The topological polar surface area (TPSA) is 106 Å². The summed E-state index contributed by atoms with van der Waals surface area (Å²) in [7, 11) is 1.59. The Morgan fingerprint density at radius 1 is 1.55 bits per heavy atom. The third-order valence-corrected chi connectivity index (χ3v) is 3.79. The number of carbonyl (C=O) groups is 1. The van der Waals surface area contributed by atoms with E-state index >= 15 is 0 Å². The first-order valence-electron chi connectivity index (χ1n) is 5.92. The van der Waals surface area contributed by atoms with Gasteiger partial charge in [0.05, 0.1) is 5.25 Å². The molecule has 0 radical (unpaired) electrons. The van der Waals surface area contributed by atoms with E-state index < -0.39 is 5.25 Å².